The van der Waals surface area contributed by atoms with Crippen LogP contribution in [0, 0.1) is 6.92 Å². The SMILES string of the molecule is COC(=O)/C=C/C(=C(/O)c1ccccc1)n1n[n+]2ccccc2c1C. The number of carbonyl (C=O) groups excluding carboxylic acids is 1. The monoisotopic (exact) mass is 336 g/mol. The third kappa shape index (κ3) is 3.28. The molecule has 0 saturated heterocycles. The number of nitrogens with zero attached hydrogens (tertiary/aromatic N) is 3. The number of aryl methyl sites for hydroxylation is 1. The average molecular weight is 336 g/mol. The predicted octanol–water partition coefficient (Wildman–Crippen LogP) is 2.54. The number of fused-ring (bicyclic) bond motifs is 1. The van der Waals surface area contributed by atoms with Crippen molar-refractivity contribution in [3.63, 3.8) is 0 Å². The number of aliphatic hydroxyl groups excluding tert-OH is 1. The van der Waals surface area contributed by atoms with Crippen molar-refractivity contribution in [2.75, 3.05) is 7.11 Å². The Labute approximate surface area is 144 Å². The number of pyridine rings is 1. The van der Waals surface area contributed by atoms with E-state index < -0.39 is 5.97 Å². The van der Waals surface area contributed by atoms with Gasteiger partial charge in [0.2, 0.25) is 0 Å². The summed E-state index contributed by atoms with van der Waals surface area (Å²) in [6, 6.07) is 14.8. The Kier molecular flexibility index (Phi) is 4.61. The first-order chi connectivity index (χ1) is 12.1. The van der Waals surface area contributed by atoms with Gasteiger partial charge in [0.05, 0.1) is 7.11 Å². The highest BCUT2D eigenvalue weighted by molar-refractivity contribution is 5.89. The fraction of sp³-hybridized carbons (Fsp3) is 0.105. The Morgan fingerprint density at radius 1 is 1.16 bits per heavy atom. The van der Waals surface area contributed by atoms with Crippen molar-refractivity contribution >= 4 is 22.9 Å². The molecule has 0 aliphatic rings. The lowest BCUT2D eigenvalue weighted by atomic mass is 10.1. The summed E-state index contributed by atoms with van der Waals surface area (Å²) in [5.41, 5.74) is 2.72. The van der Waals surface area contributed by atoms with E-state index in [-0.39, 0.29) is 5.76 Å². The topological polar surface area (TPSA) is 68.4 Å². The molecular weight excluding hydrogens is 318 g/mol. The Hall–Kier alpha value is -3.41. The zero-order valence-electron chi connectivity index (χ0n) is 14.0. The summed E-state index contributed by atoms with van der Waals surface area (Å²) in [6.45, 7) is 1.90. The second kappa shape index (κ2) is 7.00. The van der Waals surface area contributed by atoms with Crippen LogP contribution in [0.3, 0.4) is 0 Å². The quantitative estimate of drug-likeness (QED) is 0.261. The van der Waals surface area contributed by atoms with Crippen LogP contribution >= 0.6 is 0 Å². The van der Waals surface area contributed by atoms with Gasteiger partial charge in [-0.1, -0.05) is 41.1 Å². The number of aliphatic hydroxyl groups is 1. The molecule has 0 atom stereocenters. The molecule has 0 aliphatic heterocycles. The second-order valence-corrected chi connectivity index (χ2v) is 5.37. The number of esters is 1. The van der Waals surface area contributed by atoms with Crippen molar-refractivity contribution < 1.29 is 19.2 Å². The summed E-state index contributed by atoms with van der Waals surface area (Å²) in [5, 5.41) is 15.3. The van der Waals surface area contributed by atoms with Crippen LogP contribution < -0.4 is 4.52 Å². The van der Waals surface area contributed by atoms with Gasteiger partial charge in [-0.15, -0.1) is 4.52 Å². The summed E-state index contributed by atoms with van der Waals surface area (Å²) < 4.78 is 7.95. The molecule has 0 aliphatic carbocycles. The first kappa shape index (κ1) is 16.4. The number of methoxy groups -OCH3 is 1. The van der Waals surface area contributed by atoms with Crippen molar-refractivity contribution in [3.05, 3.63) is 78.1 Å². The molecule has 0 saturated carbocycles. The number of hydrogen-bond donors (Lipinski definition) is 1. The van der Waals surface area contributed by atoms with Gasteiger partial charge in [0.15, 0.2) is 22.7 Å². The molecule has 0 bridgehead atoms. The molecule has 0 amide bonds. The molecule has 0 fully saturated rings. The van der Waals surface area contributed by atoms with Crippen LogP contribution in [0.2, 0.25) is 0 Å². The zero-order chi connectivity index (χ0) is 17.8. The van der Waals surface area contributed by atoms with Crippen LogP contribution in [0.25, 0.3) is 17.0 Å². The number of benzene rings is 1. The maximum Gasteiger partial charge on any atom is 0.330 e. The van der Waals surface area contributed by atoms with Crippen molar-refractivity contribution in [2.45, 2.75) is 6.92 Å². The molecule has 2 heterocycles. The number of carbonyl (C=O) groups is 1. The summed E-state index contributed by atoms with van der Waals surface area (Å²) in [7, 11) is 1.30. The Morgan fingerprint density at radius 2 is 1.88 bits per heavy atom. The van der Waals surface area contributed by atoms with E-state index in [2.05, 4.69) is 9.95 Å². The molecule has 6 nitrogen and oxygen atoms in total. The van der Waals surface area contributed by atoms with E-state index in [0.29, 0.717) is 11.3 Å². The smallest absolute Gasteiger partial charge is 0.330 e. The van der Waals surface area contributed by atoms with E-state index in [1.165, 1.54) is 19.3 Å². The molecule has 0 unspecified atom stereocenters. The zero-order valence-corrected chi connectivity index (χ0v) is 14.0. The molecule has 0 spiro atoms. The first-order valence-corrected chi connectivity index (χ1v) is 7.73. The van der Waals surface area contributed by atoms with Crippen LogP contribution in [0.15, 0.2) is 66.9 Å². The van der Waals surface area contributed by atoms with Crippen molar-refractivity contribution in [1.29, 1.82) is 0 Å². The van der Waals surface area contributed by atoms with Crippen LogP contribution in [-0.4, -0.2) is 28.1 Å². The highest BCUT2D eigenvalue weighted by atomic mass is 16.5. The van der Waals surface area contributed by atoms with Gasteiger partial charge in [0.1, 0.15) is 11.4 Å². The fourth-order valence-electron chi connectivity index (χ4n) is 2.51. The minimum absolute atomic E-state index is 0.0114. The third-order valence-electron chi connectivity index (χ3n) is 3.81. The highest BCUT2D eigenvalue weighted by Crippen LogP contribution is 2.22. The van der Waals surface area contributed by atoms with E-state index in [4.69, 9.17) is 0 Å². The predicted molar refractivity (Wildman–Crippen MR) is 93.5 cm³/mol. The van der Waals surface area contributed by atoms with E-state index in [0.717, 1.165) is 11.2 Å². The minimum atomic E-state index is -0.514. The maximum absolute atomic E-state index is 11.5. The molecule has 25 heavy (non-hydrogen) atoms. The molecule has 1 N–H and O–H groups in total. The Bertz CT molecular complexity index is 972. The number of ether oxygens (including phenoxy) is 1. The number of hydrogen-bond acceptors (Lipinski definition) is 4. The summed E-state index contributed by atoms with van der Waals surface area (Å²) in [6.07, 6.45) is 4.57. The van der Waals surface area contributed by atoms with Gasteiger partial charge in [-0.3, -0.25) is 0 Å². The maximum atomic E-state index is 11.5. The standard InChI is InChI=1S/C19H17N3O3/c1-14-16-10-6-7-13-21(16)20-22(14)17(11-12-18(23)25-2)19(24)15-8-4-3-5-9-15/h3-13H,1-2H3/p+1. The van der Waals surface area contributed by atoms with E-state index in [1.54, 1.807) is 21.3 Å². The number of allylic oxidation sites excluding steroid dienone is 2. The van der Waals surface area contributed by atoms with Gasteiger partial charge in [-0.25, -0.2) is 4.79 Å². The Morgan fingerprint density at radius 3 is 2.56 bits per heavy atom. The number of aromatic nitrogens is 3. The first-order valence-electron chi connectivity index (χ1n) is 7.73. The minimum Gasteiger partial charge on any atom is -0.503 e. The van der Waals surface area contributed by atoms with Gasteiger partial charge >= 0.3 is 5.97 Å². The van der Waals surface area contributed by atoms with Crippen LogP contribution in [0.4, 0.5) is 0 Å². The van der Waals surface area contributed by atoms with Crippen molar-refractivity contribution in [2.24, 2.45) is 0 Å². The Balaban J connectivity index is 2.21. The van der Waals surface area contributed by atoms with Gasteiger partial charge < -0.3 is 9.84 Å². The van der Waals surface area contributed by atoms with Gasteiger partial charge in [0, 0.05) is 18.6 Å². The average Bonchev–Trinajstić information content (AvgIpc) is 2.99. The lowest BCUT2D eigenvalue weighted by Crippen LogP contribution is -2.23. The third-order valence-corrected chi connectivity index (χ3v) is 3.81. The van der Waals surface area contributed by atoms with Gasteiger partial charge in [-0.2, -0.15) is 0 Å². The normalized spacial score (nSPS) is 12.4. The molecule has 3 rings (SSSR count). The fourth-order valence-corrected chi connectivity index (χ4v) is 2.51. The van der Waals surface area contributed by atoms with E-state index in [1.807, 2.05) is 49.5 Å². The highest BCUT2D eigenvalue weighted by Gasteiger charge is 2.22. The molecular formula is C19H18N3O3+. The molecule has 1 aromatic carbocycles. The molecule has 3 aromatic rings. The van der Waals surface area contributed by atoms with Crippen LogP contribution in [0.5, 0.6) is 0 Å². The second-order valence-electron chi connectivity index (χ2n) is 5.37. The van der Waals surface area contributed by atoms with E-state index >= 15 is 0 Å². The van der Waals surface area contributed by atoms with E-state index in [9.17, 15) is 9.90 Å². The van der Waals surface area contributed by atoms with Crippen molar-refractivity contribution in [1.82, 2.24) is 9.90 Å². The lowest BCUT2D eigenvalue weighted by Gasteiger charge is -2.03. The summed E-state index contributed by atoms with van der Waals surface area (Å²) >= 11 is 0. The lowest BCUT2D eigenvalue weighted by molar-refractivity contribution is -0.583. The van der Waals surface area contributed by atoms with Crippen LogP contribution in [0.1, 0.15) is 11.3 Å². The molecule has 6 heteroatoms. The molecule has 2 aromatic heterocycles. The largest absolute Gasteiger partial charge is 0.503 e. The van der Waals surface area contributed by atoms with Crippen molar-refractivity contribution in [3.8, 4) is 0 Å². The summed E-state index contributed by atoms with van der Waals surface area (Å²) in [4.78, 5) is 11.5. The van der Waals surface area contributed by atoms with Gasteiger partial charge in [-0.05, 0) is 18.2 Å². The molecule has 0 radical (unpaired) electrons. The number of rotatable bonds is 4. The van der Waals surface area contributed by atoms with Gasteiger partial charge in [0.25, 0.3) is 0 Å². The van der Waals surface area contributed by atoms with Crippen LogP contribution in [-0.2, 0) is 9.53 Å². The molecule has 126 valence electrons. The summed E-state index contributed by atoms with van der Waals surface area (Å²) in [5.74, 6) is -0.502.